The first kappa shape index (κ1) is 19.9. The maximum absolute atomic E-state index is 13.0. The van der Waals surface area contributed by atoms with Crippen LogP contribution in [-0.4, -0.2) is 31.6 Å². The first-order valence-electron chi connectivity index (χ1n) is 8.60. The predicted octanol–water partition coefficient (Wildman–Crippen LogP) is 2.80. The number of halogens is 2. The van der Waals surface area contributed by atoms with E-state index in [1.165, 1.54) is 19.2 Å². The number of likely N-dealkylation sites (N-methyl/N-ethyl adjacent to an activating group) is 1. The first-order valence-corrected chi connectivity index (χ1v) is 8.97. The Morgan fingerprint density at radius 1 is 1.29 bits per heavy atom. The fourth-order valence-corrected chi connectivity index (χ4v) is 2.88. The van der Waals surface area contributed by atoms with Gasteiger partial charge in [0.15, 0.2) is 18.8 Å². The fraction of sp³-hybridized carbons (Fsp3) is 0.200. The SMILES string of the molecule is COc1ccc(Cl)cc1NC(=O)C[NH+](C)Cc1ncc(-c2ccc(F)cc2)o1. The summed E-state index contributed by atoms with van der Waals surface area (Å²) in [4.78, 5) is 17.4. The summed E-state index contributed by atoms with van der Waals surface area (Å²) in [5, 5.41) is 3.30. The van der Waals surface area contributed by atoms with E-state index in [1.54, 1.807) is 36.5 Å². The van der Waals surface area contributed by atoms with Gasteiger partial charge in [0.05, 0.1) is 26.0 Å². The fourth-order valence-electron chi connectivity index (χ4n) is 2.71. The van der Waals surface area contributed by atoms with Gasteiger partial charge in [-0.3, -0.25) is 4.79 Å². The Kier molecular flexibility index (Phi) is 6.28. The number of anilines is 1. The molecule has 6 nitrogen and oxygen atoms in total. The molecule has 0 bridgehead atoms. The van der Waals surface area contributed by atoms with Crippen molar-refractivity contribution in [1.82, 2.24) is 4.98 Å². The zero-order chi connectivity index (χ0) is 20.1. The van der Waals surface area contributed by atoms with E-state index in [9.17, 15) is 9.18 Å². The smallest absolute Gasteiger partial charge is 0.279 e. The summed E-state index contributed by atoms with van der Waals surface area (Å²) in [5.41, 5.74) is 1.26. The number of rotatable bonds is 7. The van der Waals surface area contributed by atoms with Gasteiger partial charge in [-0.15, -0.1) is 0 Å². The molecule has 1 amide bonds. The molecule has 28 heavy (non-hydrogen) atoms. The number of carbonyl (C=O) groups excluding carboxylic acids is 1. The molecule has 2 N–H and O–H groups in total. The Morgan fingerprint density at radius 2 is 2.04 bits per heavy atom. The van der Waals surface area contributed by atoms with Gasteiger partial charge in [-0.25, -0.2) is 9.37 Å². The number of aromatic nitrogens is 1. The quantitative estimate of drug-likeness (QED) is 0.635. The monoisotopic (exact) mass is 404 g/mol. The third-order valence-corrected chi connectivity index (χ3v) is 4.27. The molecule has 0 radical (unpaired) electrons. The Bertz CT molecular complexity index is 960. The van der Waals surface area contributed by atoms with Crippen LogP contribution in [-0.2, 0) is 11.3 Å². The number of amides is 1. The van der Waals surface area contributed by atoms with E-state index in [0.717, 1.165) is 10.5 Å². The topological polar surface area (TPSA) is 68.8 Å². The molecule has 3 rings (SSSR count). The summed E-state index contributed by atoms with van der Waals surface area (Å²) >= 11 is 5.98. The third kappa shape index (κ3) is 5.09. The van der Waals surface area contributed by atoms with Crippen LogP contribution in [0.1, 0.15) is 5.89 Å². The van der Waals surface area contributed by atoms with Crippen molar-refractivity contribution in [1.29, 1.82) is 0 Å². The number of nitrogens with zero attached hydrogens (tertiary/aromatic N) is 1. The standard InChI is InChI=1S/C20H19ClFN3O3/c1-25(11-19(26)24-16-9-14(21)5-8-17(16)27-2)12-20-23-10-18(28-20)13-3-6-15(22)7-4-13/h3-10H,11-12H2,1-2H3,(H,24,26)/p+1. The second-order valence-corrected chi connectivity index (χ2v) is 6.77. The van der Waals surface area contributed by atoms with Crippen molar-refractivity contribution < 1.29 is 23.2 Å². The van der Waals surface area contributed by atoms with Crippen molar-refractivity contribution in [2.45, 2.75) is 6.54 Å². The highest BCUT2D eigenvalue weighted by molar-refractivity contribution is 6.31. The zero-order valence-corrected chi connectivity index (χ0v) is 16.2. The van der Waals surface area contributed by atoms with E-state index in [-0.39, 0.29) is 18.3 Å². The second kappa shape index (κ2) is 8.86. The lowest BCUT2D eigenvalue weighted by molar-refractivity contribution is -0.886. The minimum atomic E-state index is -0.310. The molecule has 3 aromatic rings. The average Bonchev–Trinajstić information content (AvgIpc) is 3.10. The second-order valence-electron chi connectivity index (χ2n) is 6.33. The largest absolute Gasteiger partial charge is 0.495 e. The number of carbonyl (C=O) groups is 1. The normalized spacial score (nSPS) is 11.9. The van der Waals surface area contributed by atoms with Gasteiger partial charge >= 0.3 is 0 Å². The summed E-state index contributed by atoms with van der Waals surface area (Å²) in [6.07, 6.45) is 1.59. The molecular formula is C20H20ClFN3O3+. The molecule has 1 unspecified atom stereocenters. The van der Waals surface area contributed by atoms with Crippen LogP contribution in [0, 0.1) is 5.82 Å². The maximum atomic E-state index is 13.0. The van der Waals surface area contributed by atoms with Crippen molar-refractivity contribution in [2.75, 3.05) is 26.0 Å². The molecule has 1 atom stereocenters. The number of hydrogen-bond donors (Lipinski definition) is 2. The first-order chi connectivity index (χ1) is 13.4. The summed E-state index contributed by atoms with van der Waals surface area (Å²) in [5.74, 6) is 1.08. The summed E-state index contributed by atoms with van der Waals surface area (Å²) < 4.78 is 24.0. The van der Waals surface area contributed by atoms with Crippen LogP contribution in [0.25, 0.3) is 11.3 Å². The van der Waals surface area contributed by atoms with Crippen molar-refractivity contribution >= 4 is 23.2 Å². The van der Waals surface area contributed by atoms with Crippen LogP contribution in [0.4, 0.5) is 10.1 Å². The van der Waals surface area contributed by atoms with E-state index in [1.807, 2.05) is 7.05 Å². The van der Waals surface area contributed by atoms with Crippen LogP contribution >= 0.6 is 11.6 Å². The summed E-state index contributed by atoms with van der Waals surface area (Å²) in [6.45, 7) is 0.616. The van der Waals surface area contributed by atoms with E-state index in [4.69, 9.17) is 20.8 Å². The zero-order valence-electron chi connectivity index (χ0n) is 15.5. The average molecular weight is 405 g/mol. The van der Waals surface area contributed by atoms with Crippen molar-refractivity contribution in [3.8, 4) is 17.1 Å². The minimum Gasteiger partial charge on any atom is -0.495 e. The molecule has 1 heterocycles. The van der Waals surface area contributed by atoms with E-state index in [2.05, 4.69) is 10.3 Å². The van der Waals surface area contributed by atoms with E-state index in [0.29, 0.717) is 34.7 Å². The molecule has 0 fully saturated rings. The van der Waals surface area contributed by atoms with E-state index >= 15 is 0 Å². The van der Waals surface area contributed by atoms with Crippen LogP contribution < -0.4 is 15.0 Å². The Labute approximate surface area is 166 Å². The number of nitrogens with one attached hydrogen (secondary N) is 2. The number of quaternary nitrogens is 1. The molecule has 0 aliphatic rings. The minimum absolute atomic E-state index is 0.191. The Hall–Kier alpha value is -2.90. The Morgan fingerprint density at radius 3 is 2.75 bits per heavy atom. The highest BCUT2D eigenvalue weighted by Gasteiger charge is 2.16. The lowest BCUT2D eigenvalue weighted by Crippen LogP contribution is -3.08. The van der Waals surface area contributed by atoms with Gasteiger partial charge in [0.2, 0.25) is 0 Å². The molecule has 8 heteroatoms. The van der Waals surface area contributed by atoms with Gasteiger partial charge in [-0.05, 0) is 42.5 Å². The van der Waals surface area contributed by atoms with Gasteiger partial charge < -0.3 is 19.4 Å². The highest BCUT2D eigenvalue weighted by Crippen LogP contribution is 2.27. The molecule has 146 valence electrons. The third-order valence-electron chi connectivity index (χ3n) is 4.03. The molecule has 2 aromatic carbocycles. The van der Waals surface area contributed by atoms with Crippen LogP contribution in [0.2, 0.25) is 5.02 Å². The molecule has 0 saturated carbocycles. The predicted molar refractivity (Wildman–Crippen MR) is 104 cm³/mol. The van der Waals surface area contributed by atoms with Gasteiger partial charge in [0, 0.05) is 10.6 Å². The van der Waals surface area contributed by atoms with Gasteiger partial charge in [-0.2, -0.15) is 0 Å². The van der Waals surface area contributed by atoms with Gasteiger partial charge in [0.25, 0.3) is 11.8 Å². The number of methoxy groups -OCH3 is 1. The molecule has 0 aliphatic carbocycles. The molecule has 0 aliphatic heterocycles. The number of oxazole rings is 1. The van der Waals surface area contributed by atoms with Crippen LogP contribution in [0.15, 0.2) is 53.1 Å². The van der Waals surface area contributed by atoms with Crippen molar-refractivity contribution in [3.05, 3.63) is 65.4 Å². The van der Waals surface area contributed by atoms with Crippen molar-refractivity contribution in [3.63, 3.8) is 0 Å². The van der Waals surface area contributed by atoms with Crippen molar-refractivity contribution in [2.24, 2.45) is 0 Å². The maximum Gasteiger partial charge on any atom is 0.279 e. The lowest BCUT2D eigenvalue weighted by atomic mass is 10.2. The van der Waals surface area contributed by atoms with E-state index < -0.39 is 0 Å². The molecule has 0 saturated heterocycles. The summed E-state index contributed by atoms with van der Waals surface area (Å²) in [6, 6.07) is 11.0. The number of ether oxygens (including phenoxy) is 1. The van der Waals surface area contributed by atoms with Gasteiger partial charge in [-0.1, -0.05) is 11.6 Å². The Balaban J connectivity index is 1.58. The van der Waals surface area contributed by atoms with Crippen LogP contribution in [0.5, 0.6) is 5.75 Å². The molecule has 1 aromatic heterocycles. The molecular weight excluding hydrogens is 385 g/mol. The van der Waals surface area contributed by atoms with Gasteiger partial charge in [0.1, 0.15) is 11.6 Å². The lowest BCUT2D eigenvalue weighted by Gasteiger charge is -2.14. The highest BCUT2D eigenvalue weighted by atomic mass is 35.5. The van der Waals surface area contributed by atoms with Crippen LogP contribution in [0.3, 0.4) is 0 Å². The molecule has 0 spiro atoms. The number of hydrogen-bond acceptors (Lipinski definition) is 4. The summed E-state index contributed by atoms with van der Waals surface area (Å²) in [7, 11) is 3.38. The number of benzene rings is 2.